The molecular formula is C24H28N4O3. The van der Waals surface area contributed by atoms with Crippen LogP contribution in [0.25, 0.3) is 11.1 Å². The molecule has 0 aliphatic carbocycles. The third-order valence-electron chi connectivity index (χ3n) is 5.66. The van der Waals surface area contributed by atoms with Crippen molar-refractivity contribution in [2.45, 2.75) is 31.3 Å². The highest BCUT2D eigenvalue weighted by molar-refractivity contribution is 5.94. The molecule has 2 aromatic rings. The van der Waals surface area contributed by atoms with E-state index < -0.39 is 12.1 Å². The molecule has 0 spiro atoms. The molecule has 31 heavy (non-hydrogen) atoms. The van der Waals surface area contributed by atoms with E-state index in [2.05, 4.69) is 11.4 Å². The van der Waals surface area contributed by atoms with E-state index in [0.717, 1.165) is 23.1 Å². The van der Waals surface area contributed by atoms with Gasteiger partial charge >= 0.3 is 6.03 Å². The van der Waals surface area contributed by atoms with Gasteiger partial charge in [-0.25, -0.2) is 4.79 Å². The molecule has 3 amide bonds. The third-order valence-corrected chi connectivity index (χ3v) is 5.66. The number of aliphatic hydroxyl groups is 1. The summed E-state index contributed by atoms with van der Waals surface area (Å²) in [6.07, 6.45) is 0.801. The molecule has 7 heteroatoms. The Morgan fingerprint density at radius 2 is 1.68 bits per heavy atom. The number of carbonyl (C=O) groups excluding carboxylic acids is 2. The van der Waals surface area contributed by atoms with E-state index in [4.69, 9.17) is 0 Å². The Morgan fingerprint density at radius 3 is 2.16 bits per heavy atom. The molecule has 3 atom stereocenters. The number of carbonyl (C=O) groups is 2. The quantitative estimate of drug-likeness (QED) is 0.751. The zero-order valence-electron chi connectivity index (χ0n) is 18.1. The van der Waals surface area contributed by atoms with Crippen LogP contribution in [0, 0.1) is 11.3 Å². The summed E-state index contributed by atoms with van der Waals surface area (Å²) in [4.78, 5) is 27.4. The summed E-state index contributed by atoms with van der Waals surface area (Å²) in [6, 6.07) is 16.1. The minimum absolute atomic E-state index is 0.0444. The average molecular weight is 421 g/mol. The third kappa shape index (κ3) is 4.39. The second-order valence-electron chi connectivity index (χ2n) is 7.89. The topological polar surface area (TPSA) is 96.7 Å². The van der Waals surface area contributed by atoms with Gasteiger partial charge in [-0.2, -0.15) is 5.26 Å². The van der Waals surface area contributed by atoms with E-state index in [0.29, 0.717) is 12.1 Å². The molecule has 2 aromatic carbocycles. The van der Waals surface area contributed by atoms with E-state index in [-0.39, 0.29) is 24.5 Å². The smallest absolute Gasteiger partial charge is 0.318 e. The number of nitriles is 1. The summed E-state index contributed by atoms with van der Waals surface area (Å²) in [5.74, 6) is -0.284. The molecule has 3 rings (SSSR count). The number of hydrogen-bond donors (Lipinski definition) is 2. The number of hydrogen-bond acceptors (Lipinski definition) is 4. The van der Waals surface area contributed by atoms with E-state index >= 15 is 0 Å². The van der Waals surface area contributed by atoms with Crippen LogP contribution in [0.5, 0.6) is 0 Å². The lowest BCUT2D eigenvalue weighted by atomic mass is 9.76. The van der Waals surface area contributed by atoms with Gasteiger partial charge in [0, 0.05) is 32.1 Å². The van der Waals surface area contributed by atoms with E-state index in [1.165, 1.54) is 9.80 Å². The van der Waals surface area contributed by atoms with Crippen LogP contribution in [0.15, 0.2) is 48.5 Å². The first-order valence-corrected chi connectivity index (χ1v) is 10.4. The number of likely N-dealkylation sites (tertiary alicyclic amines) is 1. The maximum Gasteiger partial charge on any atom is 0.318 e. The monoisotopic (exact) mass is 420 g/mol. The molecule has 1 heterocycles. The summed E-state index contributed by atoms with van der Waals surface area (Å²) < 4.78 is 0. The van der Waals surface area contributed by atoms with Gasteiger partial charge in [0.15, 0.2) is 0 Å². The molecule has 1 aliphatic rings. The molecule has 2 N–H and O–H groups in total. The lowest BCUT2D eigenvalue weighted by Gasteiger charge is -2.51. The normalized spacial score (nSPS) is 19.8. The summed E-state index contributed by atoms with van der Waals surface area (Å²) in [6.45, 7) is 2.29. The maximum atomic E-state index is 12.4. The highest BCUT2D eigenvalue weighted by atomic mass is 16.3. The number of nitrogens with one attached hydrogen (secondary N) is 1. The molecule has 1 fully saturated rings. The van der Waals surface area contributed by atoms with Gasteiger partial charge in [0.2, 0.25) is 0 Å². The Balaban J connectivity index is 1.77. The molecular weight excluding hydrogens is 392 g/mol. The summed E-state index contributed by atoms with van der Waals surface area (Å²) >= 11 is 0. The molecule has 1 saturated heterocycles. The molecule has 0 radical (unpaired) electrons. The zero-order chi connectivity index (χ0) is 22.5. The van der Waals surface area contributed by atoms with Crippen molar-refractivity contribution < 1.29 is 14.7 Å². The number of urea groups is 1. The maximum absolute atomic E-state index is 12.4. The molecule has 0 saturated carbocycles. The zero-order valence-corrected chi connectivity index (χ0v) is 18.1. The van der Waals surface area contributed by atoms with Crippen molar-refractivity contribution in [3.63, 3.8) is 0 Å². The van der Waals surface area contributed by atoms with Gasteiger partial charge < -0.3 is 20.2 Å². The van der Waals surface area contributed by atoms with Crippen molar-refractivity contribution in [2.75, 3.05) is 27.2 Å². The van der Waals surface area contributed by atoms with Crippen molar-refractivity contribution >= 4 is 11.9 Å². The lowest BCUT2D eigenvalue weighted by molar-refractivity contribution is 0.0169. The molecule has 7 nitrogen and oxygen atoms in total. The van der Waals surface area contributed by atoms with Gasteiger partial charge in [-0.05, 0) is 35.2 Å². The average Bonchev–Trinajstić information content (AvgIpc) is 2.77. The Labute approximate surface area is 182 Å². The van der Waals surface area contributed by atoms with Crippen molar-refractivity contribution in [3.05, 3.63) is 59.7 Å². The number of benzene rings is 2. The molecule has 0 aromatic heterocycles. The van der Waals surface area contributed by atoms with Crippen LogP contribution in [0.1, 0.15) is 35.2 Å². The van der Waals surface area contributed by atoms with Crippen molar-refractivity contribution in [1.82, 2.24) is 15.1 Å². The number of rotatable bonds is 6. The van der Waals surface area contributed by atoms with Crippen molar-refractivity contribution in [3.8, 4) is 17.2 Å². The predicted molar refractivity (Wildman–Crippen MR) is 118 cm³/mol. The molecule has 0 bridgehead atoms. The second-order valence-corrected chi connectivity index (χ2v) is 7.89. The Morgan fingerprint density at radius 1 is 1.10 bits per heavy atom. The summed E-state index contributed by atoms with van der Waals surface area (Å²) in [5, 5.41) is 22.3. The number of amides is 3. The number of aliphatic hydroxyl groups excluding tert-OH is 1. The van der Waals surface area contributed by atoms with Gasteiger partial charge in [0.05, 0.1) is 18.7 Å². The van der Waals surface area contributed by atoms with Crippen LogP contribution in [0.4, 0.5) is 4.79 Å². The van der Waals surface area contributed by atoms with Crippen LogP contribution < -0.4 is 5.32 Å². The minimum atomic E-state index is -0.615. The molecule has 1 aliphatic heterocycles. The fourth-order valence-electron chi connectivity index (χ4n) is 3.97. The van der Waals surface area contributed by atoms with Gasteiger partial charge in [-0.1, -0.05) is 43.3 Å². The van der Waals surface area contributed by atoms with Gasteiger partial charge in [-0.15, -0.1) is 0 Å². The van der Waals surface area contributed by atoms with Crippen LogP contribution in [-0.2, 0) is 0 Å². The summed E-state index contributed by atoms with van der Waals surface area (Å²) in [5.41, 5.74) is 3.50. The van der Waals surface area contributed by atoms with Gasteiger partial charge in [-0.3, -0.25) is 4.79 Å². The number of nitrogens with zero attached hydrogens (tertiary/aromatic N) is 3. The van der Waals surface area contributed by atoms with E-state index in [9.17, 15) is 20.0 Å². The van der Waals surface area contributed by atoms with Crippen molar-refractivity contribution in [2.24, 2.45) is 0 Å². The van der Waals surface area contributed by atoms with Crippen molar-refractivity contribution in [1.29, 1.82) is 5.26 Å². The highest BCUT2D eigenvalue weighted by Gasteiger charge is 2.51. The predicted octanol–water partition coefficient (Wildman–Crippen LogP) is 2.83. The fraction of sp³-hybridized carbons (Fsp3) is 0.375. The second kappa shape index (κ2) is 9.63. The SMILES string of the molecule is CCCNC(=O)N1[C@H](CO)[C@@H](c2ccc(-c3ccc(C(=O)N(C)C)cc3)cc2)[C@@H]1C#N. The molecule has 162 valence electrons. The molecule has 0 unspecified atom stereocenters. The van der Waals surface area contributed by atoms with Crippen LogP contribution in [0.3, 0.4) is 0 Å². The first kappa shape index (κ1) is 22.3. The largest absolute Gasteiger partial charge is 0.394 e. The summed E-state index contributed by atoms with van der Waals surface area (Å²) in [7, 11) is 3.44. The van der Waals surface area contributed by atoms with E-state index in [1.54, 1.807) is 26.2 Å². The first-order valence-electron chi connectivity index (χ1n) is 10.4. The lowest BCUT2D eigenvalue weighted by Crippen LogP contribution is -2.67. The van der Waals surface area contributed by atoms with Gasteiger partial charge in [0.1, 0.15) is 6.04 Å². The Bertz CT molecular complexity index is 964. The van der Waals surface area contributed by atoms with Crippen LogP contribution in [-0.4, -0.2) is 66.2 Å². The minimum Gasteiger partial charge on any atom is -0.394 e. The highest BCUT2D eigenvalue weighted by Crippen LogP contribution is 2.40. The first-order chi connectivity index (χ1) is 14.9. The standard InChI is InChI=1S/C24H28N4O3/c1-4-13-26-24(31)28-20(14-25)22(21(28)15-29)18-9-5-16(6-10-18)17-7-11-19(12-8-17)23(30)27(2)3/h5-12,20-22,29H,4,13,15H2,1-3H3,(H,26,31)/t20-,21+,22-/m0/s1. The Hall–Kier alpha value is -3.37. The Kier molecular flexibility index (Phi) is 6.93. The fourth-order valence-corrected chi connectivity index (χ4v) is 3.97. The van der Waals surface area contributed by atoms with Crippen LogP contribution >= 0.6 is 0 Å². The van der Waals surface area contributed by atoms with Crippen LogP contribution in [0.2, 0.25) is 0 Å². The van der Waals surface area contributed by atoms with E-state index in [1.807, 2.05) is 43.3 Å². The van der Waals surface area contributed by atoms with Gasteiger partial charge in [0.25, 0.3) is 5.91 Å².